The SMILES string of the molecule is NC1=CC=C(C(=O)Nc2ccccc2)C(N)C1(N)N. The van der Waals surface area contributed by atoms with E-state index in [2.05, 4.69) is 5.32 Å². The minimum Gasteiger partial charge on any atom is -0.399 e. The minimum atomic E-state index is -1.42. The van der Waals surface area contributed by atoms with E-state index in [4.69, 9.17) is 22.9 Å². The lowest BCUT2D eigenvalue weighted by molar-refractivity contribution is -0.113. The fourth-order valence-corrected chi connectivity index (χ4v) is 1.81. The molecule has 1 unspecified atom stereocenters. The van der Waals surface area contributed by atoms with Crippen molar-refractivity contribution in [3.8, 4) is 0 Å². The fraction of sp³-hybridized carbons (Fsp3) is 0.154. The molecule has 2 rings (SSSR count). The number of para-hydroxylation sites is 1. The summed E-state index contributed by atoms with van der Waals surface area (Å²) in [5.74, 6) is -0.345. The van der Waals surface area contributed by atoms with Crippen LogP contribution in [0.2, 0.25) is 0 Å². The van der Waals surface area contributed by atoms with Crippen molar-refractivity contribution in [1.29, 1.82) is 0 Å². The van der Waals surface area contributed by atoms with Crippen LogP contribution in [0.1, 0.15) is 0 Å². The van der Waals surface area contributed by atoms with Gasteiger partial charge in [-0.3, -0.25) is 4.79 Å². The molecule has 0 saturated carbocycles. The molecule has 0 fully saturated rings. The van der Waals surface area contributed by atoms with Gasteiger partial charge in [0.05, 0.1) is 6.04 Å². The molecule has 6 nitrogen and oxygen atoms in total. The zero-order valence-corrected chi connectivity index (χ0v) is 10.3. The van der Waals surface area contributed by atoms with E-state index in [1.54, 1.807) is 12.1 Å². The number of carbonyl (C=O) groups is 1. The molecule has 1 aliphatic carbocycles. The second-order valence-electron chi connectivity index (χ2n) is 4.47. The molecular formula is C13H17N5O. The van der Waals surface area contributed by atoms with Gasteiger partial charge in [0.15, 0.2) is 0 Å². The van der Waals surface area contributed by atoms with Crippen molar-refractivity contribution in [2.45, 2.75) is 11.7 Å². The van der Waals surface area contributed by atoms with Gasteiger partial charge in [-0.1, -0.05) is 18.2 Å². The highest BCUT2D eigenvalue weighted by Crippen LogP contribution is 2.20. The van der Waals surface area contributed by atoms with Crippen molar-refractivity contribution in [3.05, 3.63) is 53.8 Å². The molecule has 0 bridgehead atoms. The van der Waals surface area contributed by atoms with Gasteiger partial charge >= 0.3 is 0 Å². The smallest absolute Gasteiger partial charge is 0.253 e. The number of rotatable bonds is 2. The van der Waals surface area contributed by atoms with Gasteiger partial charge in [-0.15, -0.1) is 0 Å². The highest BCUT2D eigenvalue weighted by atomic mass is 16.1. The predicted molar refractivity (Wildman–Crippen MR) is 74.5 cm³/mol. The van der Waals surface area contributed by atoms with Crippen molar-refractivity contribution >= 4 is 11.6 Å². The molecule has 6 heteroatoms. The summed E-state index contributed by atoms with van der Waals surface area (Å²) in [6, 6.07) is 8.18. The zero-order chi connectivity index (χ0) is 14.0. The molecule has 1 amide bonds. The third-order valence-corrected chi connectivity index (χ3v) is 3.09. The standard InChI is InChI=1S/C13H17N5O/c14-10-7-6-9(11(15)13(10,16)17)12(19)18-8-4-2-1-3-5-8/h1-7,11H,14-17H2,(H,18,19). The van der Waals surface area contributed by atoms with Crippen LogP contribution in [0.15, 0.2) is 53.8 Å². The Kier molecular flexibility index (Phi) is 3.39. The number of nitrogens with two attached hydrogens (primary N) is 4. The van der Waals surface area contributed by atoms with Gasteiger partial charge in [-0.05, 0) is 24.3 Å². The molecule has 0 radical (unpaired) electrons. The normalized spacial score (nSPS) is 21.3. The molecule has 100 valence electrons. The molecule has 19 heavy (non-hydrogen) atoms. The van der Waals surface area contributed by atoms with Crippen LogP contribution < -0.4 is 28.3 Å². The summed E-state index contributed by atoms with van der Waals surface area (Å²) in [7, 11) is 0. The minimum absolute atomic E-state index is 0.247. The van der Waals surface area contributed by atoms with Crippen LogP contribution in [-0.2, 0) is 4.79 Å². The van der Waals surface area contributed by atoms with Crippen LogP contribution in [0.25, 0.3) is 0 Å². The zero-order valence-electron chi connectivity index (χ0n) is 10.3. The summed E-state index contributed by atoms with van der Waals surface area (Å²) in [4.78, 5) is 12.1. The molecule has 0 saturated heterocycles. The topological polar surface area (TPSA) is 133 Å². The van der Waals surface area contributed by atoms with Gasteiger partial charge < -0.3 is 28.3 Å². The first-order valence-corrected chi connectivity index (χ1v) is 5.80. The van der Waals surface area contributed by atoms with E-state index in [1.165, 1.54) is 12.2 Å². The fourth-order valence-electron chi connectivity index (χ4n) is 1.81. The van der Waals surface area contributed by atoms with Gasteiger partial charge in [-0.2, -0.15) is 0 Å². The molecule has 1 aromatic rings. The molecule has 1 aliphatic rings. The molecule has 0 aliphatic heterocycles. The van der Waals surface area contributed by atoms with Gasteiger partial charge in [0, 0.05) is 17.0 Å². The van der Waals surface area contributed by atoms with Crippen LogP contribution in [0, 0.1) is 0 Å². The summed E-state index contributed by atoms with van der Waals surface area (Å²) >= 11 is 0. The molecule has 0 spiro atoms. The van der Waals surface area contributed by atoms with Gasteiger partial charge in [0.2, 0.25) is 0 Å². The Labute approximate surface area is 111 Å². The highest BCUT2D eigenvalue weighted by molar-refractivity contribution is 6.05. The number of carbonyl (C=O) groups excluding carboxylic acids is 1. The first kappa shape index (κ1) is 13.3. The average molecular weight is 259 g/mol. The quantitative estimate of drug-likeness (QED) is 0.450. The maximum atomic E-state index is 12.1. The van der Waals surface area contributed by atoms with E-state index in [0.29, 0.717) is 11.3 Å². The Morgan fingerprint density at radius 1 is 1.16 bits per heavy atom. The third kappa shape index (κ3) is 2.50. The van der Waals surface area contributed by atoms with E-state index in [0.717, 1.165) is 0 Å². The molecule has 9 N–H and O–H groups in total. The van der Waals surface area contributed by atoms with E-state index < -0.39 is 11.7 Å². The Morgan fingerprint density at radius 2 is 1.79 bits per heavy atom. The first-order valence-electron chi connectivity index (χ1n) is 5.80. The van der Waals surface area contributed by atoms with Crippen molar-refractivity contribution < 1.29 is 4.79 Å². The number of anilines is 1. The lowest BCUT2D eigenvalue weighted by atomic mass is 9.87. The Morgan fingerprint density at radius 3 is 2.42 bits per heavy atom. The Balaban J connectivity index is 2.21. The first-order chi connectivity index (χ1) is 8.93. The van der Waals surface area contributed by atoms with Crippen LogP contribution in [0.5, 0.6) is 0 Å². The van der Waals surface area contributed by atoms with Gasteiger partial charge in [-0.25, -0.2) is 0 Å². The van der Waals surface area contributed by atoms with Crippen molar-refractivity contribution in [3.63, 3.8) is 0 Å². The Bertz CT molecular complexity index is 547. The van der Waals surface area contributed by atoms with Crippen molar-refractivity contribution in [2.75, 3.05) is 5.32 Å². The monoisotopic (exact) mass is 259 g/mol. The summed E-state index contributed by atoms with van der Waals surface area (Å²) in [5, 5.41) is 2.73. The lowest BCUT2D eigenvalue weighted by Crippen LogP contribution is -2.67. The number of hydrogen-bond donors (Lipinski definition) is 5. The third-order valence-electron chi connectivity index (χ3n) is 3.09. The average Bonchev–Trinajstić information content (AvgIpc) is 2.38. The van der Waals surface area contributed by atoms with Gasteiger partial charge in [0.25, 0.3) is 5.91 Å². The molecule has 1 atom stereocenters. The number of amides is 1. The maximum absolute atomic E-state index is 12.1. The van der Waals surface area contributed by atoms with Crippen molar-refractivity contribution in [1.82, 2.24) is 0 Å². The summed E-state index contributed by atoms with van der Waals surface area (Å²) in [5.41, 5.74) is 23.0. The summed E-state index contributed by atoms with van der Waals surface area (Å²) in [6.45, 7) is 0. The van der Waals surface area contributed by atoms with E-state index in [1.807, 2.05) is 18.2 Å². The maximum Gasteiger partial charge on any atom is 0.253 e. The largest absolute Gasteiger partial charge is 0.399 e. The number of hydrogen-bond acceptors (Lipinski definition) is 5. The van der Waals surface area contributed by atoms with Crippen molar-refractivity contribution in [2.24, 2.45) is 22.9 Å². The molecular weight excluding hydrogens is 242 g/mol. The lowest BCUT2D eigenvalue weighted by Gasteiger charge is -2.35. The van der Waals surface area contributed by atoms with Crippen LogP contribution in [0.3, 0.4) is 0 Å². The summed E-state index contributed by atoms with van der Waals surface area (Å²) < 4.78 is 0. The second kappa shape index (κ2) is 4.85. The highest BCUT2D eigenvalue weighted by Gasteiger charge is 2.38. The molecule has 1 aromatic carbocycles. The number of benzene rings is 1. The Hall–Kier alpha value is -2.15. The van der Waals surface area contributed by atoms with Crippen LogP contribution >= 0.6 is 0 Å². The van der Waals surface area contributed by atoms with E-state index in [-0.39, 0.29) is 11.6 Å². The number of nitrogens with one attached hydrogen (secondary N) is 1. The predicted octanol–water partition coefficient (Wildman–Crippen LogP) is -0.651. The second-order valence-corrected chi connectivity index (χ2v) is 4.47. The van der Waals surface area contributed by atoms with E-state index >= 15 is 0 Å². The van der Waals surface area contributed by atoms with E-state index in [9.17, 15) is 4.79 Å². The van der Waals surface area contributed by atoms with Crippen LogP contribution in [-0.4, -0.2) is 17.6 Å². The number of allylic oxidation sites excluding steroid dienone is 2. The molecule has 0 heterocycles. The van der Waals surface area contributed by atoms with Gasteiger partial charge in [0.1, 0.15) is 5.66 Å². The summed E-state index contributed by atoms with van der Waals surface area (Å²) in [6.07, 6.45) is 3.04. The molecule has 0 aromatic heterocycles. The van der Waals surface area contributed by atoms with Crippen LogP contribution in [0.4, 0.5) is 5.69 Å².